The van der Waals surface area contributed by atoms with Gasteiger partial charge in [0.05, 0.1) is 37.6 Å². The second kappa shape index (κ2) is 16.4. The molecule has 2 aliphatic carbocycles. The number of nitrogens with zero attached hydrogens (tertiary/aromatic N) is 6. The largest absolute Gasteiger partial charge is 0.438 e. The predicted octanol–water partition coefficient (Wildman–Crippen LogP) is 8.16. The minimum Gasteiger partial charge on any atom is -0.402 e. The average Bonchev–Trinajstić information content (AvgIpc) is 4.05. The third kappa shape index (κ3) is 7.84. The molecule has 0 radical (unpaired) electrons. The molecular formula is C50H55F2N9O6S. The number of imidazole rings is 1. The molecule has 356 valence electrons. The van der Waals surface area contributed by atoms with Crippen LogP contribution in [0.2, 0.25) is 0 Å². The summed E-state index contributed by atoms with van der Waals surface area (Å²) >= 11 is 0. The Morgan fingerprint density at radius 1 is 1.01 bits per heavy atom. The van der Waals surface area contributed by atoms with Crippen LogP contribution in [0.25, 0.3) is 16.6 Å². The van der Waals surface area contributed by atoms with Crippen LogP contribution in [0.3, 0.4) is 0 Å². The lowest BCUT2D eigenvalue weighted by Gasteiger charge is -2.37. The van der Waals surface area contributed by atoms with Crippen LogP contribution >= 0.6 is 0 Å². The van der Waals surface area contributed by atoms with Crippen LogP contribution < -0.4 is 17.2 Å². The molecule has 3 aromatic carbocycles. The molecule has 68 heavy (non-hydrogen) atoms. The van der Waals surface area contributed by atoms with Gasteiger partial charge < -0.3 is 19.9 Å². The van der Waals surface area contributed by atoms with E-state index < -0.39 is 44.4 Å². The zero-order valence-corrected chi connectivity index (χ0v) is 39.7. The van der Waals surface area contributed by atoms with Crippen LogP contribution in [0.5, 0.6) is 0 Å². The first kappa shape index (κ1) is 45.4. The smallest absolute Gasteiger partial charge is 0.402 e. The van der Waals surface area contributed by atoms with Crippen LogP contribution in [-0.4, -0.2) is 75.2 Å². The molecule has 18 heteroatoms. The normalized spacial score (nSPS) is 23.9. The van der Waals surface area contributed by atoms with Crippen molar-refractivity contribution in [3.05, 3.63) is 139 Å². The summed E-state index contributed by atoms with van der Waals surface area (Å²) in [4.78, 5) is 52.0. The number of amides is 1. The van der Waals surface area contributed by atoms with Crippen LogP contribution in [0.15, 0.2) is 102 Å². The Morgan fingerprint density at radius 2 is 1.75 bits per heavy atom. The highest BCUT2D eigenvalue weighted by molar-refractivity contribution is 7.92. The first-order chi connectivity index (χ1) is 32.3. The van der Waals surface area contributed by atoms with Crippen LogP contribution in [0.4, 0.5) is 14.5 Å². The summed E-state index contributed by atoms with van der Waals surface area (Å²) in [6.45, 7) is 12.1. The number of aromatic amines is 1. The van der Waals surface area contributed by atoms with Gasteiger partial charge in [0.1, 0.15) is 28.7 Å². The topological polar surface area (TPSA) is 200 Å². The van der Waals surface area contributed by atoms with Crippen LogP contribution in [0.1, 0.15) is 105 Å². The van der Waals surface area contributed by atoms with E-state index in [1.807, 2.05) is 23.6 Å². The van der Waals surface area contributed by atoms with Gasteiger partial charge in [0, 0.05) is 59.9 Å². The van der Waals surface area contributed by atoms with Gasteiger partial charge in [0.15, 0.2) is 5.82 Å². The molecule has 6 aromatic rings. The lowest BCUT2D eigenvalue weighted by atomic mass is 9.83. The number of benzene rings is 3. The second-order valence-electron chi connectivity index (χ2n) is 19.9. The predicted molar refractivity (Wildman–Crippen MR) is 253 cm³/mol. The molecule has 3 fully saturated rings. The molecular weight excluding hydrogens is 893 g/mol. The summed E-state index contributed by atoms with van der Waals surface area (Å²) in [6, 6.07) is 14.3. The highest BCUT2D eigenvalue weighted by atomic mass is 32.2. The zero-order chi connectivity index (χ0) is 48.2. The van der Waals surface area contributed by atoms with E-state index in [0.717, 1.165) is 52.8 Å². The second-order valence-corrected chi connectivity index (χ2v) is 22.0. The summed E-state index contributed by atoms with van der Waals surface area (Å²) in [5.41, 5.74) is 8.83. The maximum Gasteiger partial charge on any atom is 0.438 e. The first-order valence-electron chi connectivity index (χ1n) is 23.1. The zero-order valence-electron chi connectivity index (χ0n) is 38.9. The number of rotatable bonds is 10. The monoisotopic (exact) mass is 947 g/mol. The number of fused-ring (bicyclic) bond motifs is 1. The number of nitrogens with one attached hydrogen (secondary N) is 2. The number of nitrogens with two attached hydrogens (primary N) is 1. The number of ether oxygens (including phenoxy) is 1. The van der Waals surface area contributed by atoms with Crippen molar-refractivity contribution in [1.29, 1.82) is 4.78 Å². The van der Waals surface area contributed by atoms with Gasteiger partial charge in [-0.25, -0.2) is 32.4 Å². The Kier molecular flexibility index (Phi) is 10.9. The SMILES string of the molecule is Cc1cc(N=C(C2=C(N)CCN(C(=O)c3cc4cc([C@H]5CCOC(C)(C)C5)ccc4n3[C@@]3(c4noc(=O)[nH]4)C[C@@H]3C)[C@H]2C)n2ccn(-c3ccc(S(=N)(=O)CC4CC4)cc3F)c2=O)cc(C)c1F. The summed E-state index contributed by atoms with van der Waals surface area (Å²) in [6.07, 6.45) is 7.05. The van der Waals surface area contributed by atoms with Crippen molar-refractivity contribution in [3.8, 4) is 5.69 Å². The number of hydrogen-bond acceptors (Lipinski definition) is 10. The molecule has 2 aliphatic heterocycles. The Morgan fingerprint density at radius 3 is 2.40 bits per heavy atom. The Labute approximate surface area is 391 Å². The van der Waals surface area contributed by atoms with E-state index in [9.17, 15) is 13.8 Å². The molecule has 5 atom stereocenters. The molecule has 3 aromatic heterocycles. The lowest BCUT2D eigenvalue weighted by molar-refractivity contribution is -0.0592. The van der Waals surface area contributed by atoms with Crippen molar-refractivity contribution in [3.63, 3.8) is 0 Å². The fourth-order valence-electron chi connectivity index (χ4n) is 10.6. The molecule has 1 unspecified atom stereocenters. The van der Waals surface area contributed by atoms with Gasteiger partial charge in [-0.1, -0.05) is 18.1 Å². The Balaban J connectivity index is 1.07. The first-order valence-corrected chi connectivity index (χ1v) is 24.9. The van der Waals surface area contributed by atoms with E-state index >= 15 is 13.6 Å². The standard InChI is InChI=1S/C50H55F2N9O6S/c1-27-19-35(20-28(2)43(27)52)55-44(60-17-16-59(48(60)64)40-12-10-36(23-37(40)51)68(54,65)26-31-7-8-31)42-30(4)58(15-13-38(42)53)45(62)41-22-34-21-32(33-14-18-66-49(5,6)25-33)9-11-39(34)61(41)50(24-29(50)3)46-56-47(63)67-57-46/h9-12,16-17,19-23,29-31,33,54H,7-8,13-15,18,24-26,53H2,1-6H3,(H,56,57,63)/t29-,30-,33-,50-,68?/m0/s1. The molecule has 1 saturated heterocycles. The van der Waals surface area contributed by atoms with Crippen molar-refractivity contribution >= 4 is 38.1 Å². The summed E-state index contributed by atoms with van der Waals surface area (Å²) in [5.74, 6) is -1.39. The fraction of sp³-hybridized carbons (Fsp3) is 0.420. The van der Waals surface area contributed by atoms with E-state index in [0.29, 0.717) is 52.6 Å². The number of aryl methyl sites for hydroxylation is 2. The number of aromatic nitrogens is 5. The van der Waals surface area contributed by atoms with Gasteiger partial charge in [0.25, 0.3) is 5.91 Å². The van der Waals surface area contributed by atoms with E-state index in [-0.39, 0.29) is 64.4 Å². The quantitative estimate of drug-likeness (QED) is 0.0902. The van der Waals surface area contributed by atoms with Crippen molar-refractivity contribution in [2.45, 2.75) is 108 Å². The highest BCUT2D eigenvalue weighted by Gasteiger charge is 2.59. The van der Waals surface area contributed by atoms with Crippen LogP contribution in [-0.2, 0) is 20.0 Å². The molecule has 2 saturated carbocycles. The maximum atomic E-state index is 16.0. The Bertz CT molecular complexity index is 3330. The van der Waals surface area contributed by atoms with E-state index in [2.05, 4.69) is 36.1 Å². The van der Waals surface area contributed by atoms with Crippen molar-refractivity contribution < 1.29 is 27.0 Å². The van der Waals surface area contributed by atoms with E-state index in [1.54, 1.807) is 37.8 Å². The number of carbonyl (C=O) groups excluding carboxylic acids is 1. The molecule has 10 rings (SSSR count). The number of carbonyl (C=O) groups is 1. The molecule has 1 amide bonds. The average molecular weight is 948 g/mol. The molecule has 4 N–H and O–H groups in total. The number of aliphatic imine (C=N–C) groups is 1. The molecule has 4 aliphatic rings. The molecule has 0 spiro atoms. The molecule has 0 bridgehead atoms. The maximum absolute atomic E-state index is 16.0. The van der Waals surface area contributed by atoms with Crippen LogP contribution in [0, 0.1) is 42.1 Å². The highest BCUT2D eigenvalue weighted by Crippen LogP contribution is 2.56. The number of H-pyrrole nitrogens is 1. The minimum atomic E-state index is -3.24. The van der Waals surface area contributed by atoms with Crippen molar-refractivity contribution in [2.24, 2.45) is 22.6 Å². The van der Waals surface area contributed by atoms with Gasteiger partial charge in [0.2, 0.25) is 0 Å². The van der Waals surface area contributed by atoms with Gasteiger partial charge in [-0.15, -0.1) is 0 Å². The minimum absolute atomic E-state index is 0.0385. The number of hydrogen-bond donors (Lipinski definition) is 3. The lowest BCUT2D eigenvalue weighted by Crippen LogP contribution is -2.49. The third-order valence-electron chi connectivity index (χ3n) is 14.5. The molecule has 15 nitrogen and oxygen atoms in total. The van der Waals surface area contributed by atoms with Gasteiger partial charge in [-0.2, -0.15) is 0 Å². The summed E-state index contributed by atoms with van der Waals surface area (Å²) < 4.78 is 68.1. The van der Waals surface area contributed by atoms with Crippen molar-refractivity contribution in [2.75, 3.05) is 18.9 Å². The summed E-state index contributed by atoms with van der Waals surface area (Å²) in [7, 11) is -3.24. The molecule has 5 heterocycles. The van der Waals surface area contributed by atoms with Crippen molar-refractivity contribution in [1.82, 2.24) is 28.7 Å². The fourth-order valence-corrected chi connectivity index (χ4v) is 12.4. The van der Waals surface area contributed by atoms with E-state index in [1.165, 1.54) is 29.1 Å². The van der Waals surface area contributed by atoms with Gasteiger partial charge in [-0.05, 0) is 150 Å². The van der Waals surface area contributed by atoms with Gasteiger partial charge >= 0.3 is 11.4 Å². The Hall–Kier alpha value is -6.40. The number of halogens is 2. The third-order valence-corrected chi connectivity index (χ3v) is 16.4. The summed E-state index contributed by atoms with van der Waals surface area (Å²) in [5, 5.41) is 4.99. The van der Waals surface area contributed by atoms with Gasteiger partial charge in [-0.3, -0.25) is 23.4 Å². The van der Waals surface area contributed by atoms with E-state index in [4.69, 9.17) is 24.8 Å².